The molecule has 0 spiro atoms. The minimum Gasteiger partial charge on any atom is -0.326 e. The minimum absolute atomic E-state index is 0.00572. The Morgan fingerprint density at radius 1 is 0.451 bits per heavy atom. The molecule has 0 saturated carbocycles. The Labute approximate surface area is 309 Å². The Kier molecular flexibility index (Phi) is 22.0. The molecule has 3 rings (SSSR count). The summed E-state index contributed by atoms with van der Waals surface area (Å²) in [6.07, 6.45) is 34.4. The normalized spacial score (nSPS) is 11.4. The molecular weight excluding hydrogens is 631 g/mol. The van der Waals surface area contributed by atoms with Gasteiger partial charge in [-0.1, -0.05) is 180 Å². The van der Waals surface area contributed by atoms with E-state index in [1.54, 1.807) is 6.07 Å². The van der Waals surface area contributed by atoms with Crippen LogP contribution in [0.15, 0.2) is 41.2 Å². The van der Waals surface area contributed by atoms with Crippen LogP contribution in [0.1, 0.15) is 194 Å². The number of amides is 2. The lowest BCUT2D eigenvalue weighted by Gasteiger charge is -2.10. The summed E-state index contributed by atoms with van der Waals surface area (Å²) >= 11 is 0. The van der Waals surface area contributed by atoms with Gasteiger partial charge < -0.3 is 15.6 Å². The van der Waals surface area contributed by atoms with Gasteiger partial charge >= 0.3 is 0 Å². The number of nitrogens with one attached hydrogen (secondary N) is 3. The molecule has 6 nitrogen and oxygen atoms in total. The number of fused-ring (bicyclic) bond motifs is 3. The van der Waals surface area contributed by atoms with Gasteiger partial charge in [0.1, 0.15) is 0 Å². The molecule has 51 heavy (non-hydrogen) atoms. The summed E-state index contributed by atoms with van der Waals surface area (Å²) in [5, 5.41) is 8.28. The lowest BCUT2D eigenvalue weighted by molar-refractivity contribution is -0.117. The van der Waals surface area contributed by atoms with E-state index in [2.05, 4.69) is 29.5 Å². The number of H-pyrrole nitrogens is 1. The standard InChI is InChI=1S/C45H71N3O3/c1-3-5-7-9-11-13-15-17-19-21-23-25-27-29-43(49)46-37-31-33-39-40-34-32-38(36-42(40)48-45(51)41(39)35-37)47-44(50)30-28-26-24-22-20-18-16-14-12-10-8-6-4-2/h31-36H,3-30H2,1-2H3,(H,46,49)(H,47,50)(H,48,51). The first-order valence-corrected chi connectivity index (χ1v) is 21.2. The van der Waals surface area contributed by atoms with Crippen LogP contribution in [0.5, 0.6) is 0 Å². The molecule has 0 unspecified atom stereocenters. The molecule has 0 bridgehead atoms. The lowest BCUT2D eigenvalue weighted by Crippen LogP contribution is -2.13. The SMILES string of the molecule is CCCCCCCCCCCCCCCC(=O)Nc1ccc2c(c1)[nH]c(=O)c1cc(NC(=O)CCCCCCCCCCCCCCC)ccc12. The average molecular weight is 702 g/mol. The van der Waals surface area contributed by atoms with Crippen LogP contribution in [-0.4, -0.2) is 16.8 Å². The van der Waals surface area contributed by atoms with Crippen LogP contribution in [-0.2, 0) is 9.59 Å². The van der Waals surface area contributed by atoms with E-state index in [-0.39, 0.29) is 17.4 Å². The van der Waals surface area contributed by atoms with Crippen molar-refractivity contribution in [3.63, 3.8) is 0 Å². The van der Waals surface area contributed by atoms with Crippen molar-refractivity contribution < 1.29 is 9.59 Å². The van der Waals surface area contributed by atoms with Gasteiger partial charge in [0.25, 0.3) is 5.56 Å². The average Bonchev–Trinajstić information content (AvgIpc) is 3.12. The zero-order valence-corrected chi connectivity index (χ0v) is 32.5. The van der Waals surface area contributed by atoms with Gasteiger partial charge in [-0.3, -0.25) is 14.4 Å². The number of carbonyl (C=O) groups excluding carboxylic acids is 2. The van der Waals surface area contributed by atoms with Crippen LogP contribution in [0.2, 0.25) is 0 Å². The first-order chi connectivity index (χ1) is 25.0. The monoisotopic (exact) mass is 702 g/mol. The molecule has 3 aromatic rings. The number of unbranched alkanes of at least 4 members (excludes halogenated alkanes) is 24. The van der Waals surface area contributed by atoms with Gasteiger partial charge in [-0.05, 0) is 42.5 Å². The molecule has 1 heterocycles. The van der Waals surface area contributed by atoms with Crippen LogP contribution in [0.3, 0.4) is 0 Å². The fraction of sp³-hybridized carbons (Fsp3) is 0.667. The minimum atomic E-state index is -0.208. The number of hydrogen-bond acceptors (Lipinski definition) is 3. The molecule has 0 radical (unpaired) electrons. The number of anilines is 2. The van der Waals surface area contributed by atoms with Crippen molar-refractivity contribution in [1.82, 2.24) is 4.98 Å². The zero-order chi connectivity index (χ0) is 36.4. The van der Waals surface area contributed by atoms with Gasteiger partial charge in [0.2, 0.25) is 11.8 Å². The first-order valence-electron chi connectivity index (χ1n) is 21.2. The fourth-order valence-corrected chi connectivity index (χ4v) is 7.25. The highest BCUT2D eigenvalue weighted by Gasteiger charge is 2.10. The Morgan fingerprint density at radius 2 is 0.804 bits per heavy atom. The van der Waals surface area contributed by atoms with Crippen molar-refractivity contribution in [3.8, 4) is 0 Å². The molecule has 6 heteroatoms. The van der Waals surface area contributed by atoms with Gasteiger partial charge in [-0.15, -0.1) is 0 Å². The smallest absolute Gasteiger partial charge is 0.256 e. The van der Waals surface area contributed by atoms with Crippen molar-refractivity contribution in [2.75, 3.05) is 10.6 Å². The van der Waals surface area contributed by atoms with Crippen molar-refractivity contribution in [2.24, 2.45) is 0 Å². The van der Waals surface area contributed by atoms with Gasteiger partial charge in [0.15, 0.2) is 0 Å². The fourth-order valence-electron chi connectivity index (χ4n) is 7.25. The highest BCUT2D eigenvalue weighted by Crippen LogP contribution is 2.26. The molecule has 3 N–H and O–H groups in total. The largest absolute Gasteiger partial charge is 0.326 e. The molecule has 0 saturated heterocycles. The third kappa shape index (κ3) is 17.8. The summed E-state index contributed by atoms with van der Waals surface area (Å²) in [6, 6.07) is 11.2. The van der Waals surface area contributed by atoms with Crippen LogP contribution in [0, 0.1) is 0 Å². The molecule has 0 aliphatic heterocycles. The van der Waals surface area contributed by atoms with Gasteiger partial charge in [0.05, 0.1) is 5.52 Å². The zero-order valence-electron chi connectivity index (χ0n) is 32.5. The topological polar surface area (TPSA) is 91.1 Å². The summed E-state index contributed by atoms with van der Waals surface area (Å²) in [5.74, 6) is 0.00794. The van der Waals surface area contributed by atoms with Gasteiger partial charge in [-0.2, -0.15) is 0 Å². The lowest BCUT2D eigenvalue weighted by atomic mass is 10.0. The summed E-state index contributed by atoms with van der Waals surface area (Å²) in [7, 11) is 0. The Hall–Kier alpha value is -3.15. The highest BCUT2D eigenvalue weighted by molar-refractivity contribution is 6.08. The van der Waals surface area contributed by atoms with E-state index in [4.69, 9.17) is 0 Å². The Bertz CT molecular complexity index is 1460. The van der Waals surface area contributed by atoms with Crippen molar-refractivity contribution in [3.05, 3.63) is 46.8 Å². The quantitative estimate of drug-likeness (QED) is 0.0477. The first kappa shape index (κ1) is 42.3. The number of carbonyl (C=O) groups is 2. The van der Waals surface area contributed by atoms with E-state index in [0.717, 1.165) is 36.5 Å². The van der Waals surface area contributed by atoms with Crippen LogP contribution < -0.4 is 16.2 Å². The van der Waals surface area contributed by atoms with E-state index in [1.165, 1.54) is 141 Å². The molecule has 284 valence electrons. The van der Waals surface area contributed by atoms with Gasteiger partial charge in [-0.25, -0.2) is 0 Å². The Morgan fingerprint density at radius 3 is 1.22 bits per heavy atom. The second-order valence-corrected chi connectivity index (χ2v) is 15.1. The van der Waals surface area contributed by atoms with E-state index in [9.17, 15) is 14.4 Å². The molecule has 0 atom stereocenters. The van der Waals surface area contributed by atoms with Crippen molar-refractivity contribution in [2.45, 2.75) is 194 Å². The third-order valence-corrected chi connectivity index (χ3v) is 10.4. The summed E-state index contributed by atoms with van der Waals surface area (Å²) < 4.78 is 0. The van der Waals surface area contributed by atoms with Crippen LogP contribution in [0.25, 0.3) is 21.7 Å². The molecule has 2 aromatic carbocycles. The molecule has 0 aliphatic rings. The van der Waals surface area contributed by atoms with Crippen LogP contribution in [0.4, 0.5) is 11.4 Å². The number of rotatable bonds is 30. The molecule has 0 aliphatic carbocycles. The maximum Gasteiger partial charge on any atom is 0.256 e. The number of hydrogen-bond donors (Lipinski definition) is 3. The number of benzene rings is 2. The van der Waals surface area contributed by atoms with Crippen molar-refractivity contribution >= 4 is 44.9 Å². The second-order valence-electron chi connectivity index (χ2n) is 15.1. The van der Waals surface area contributed by atoms with E-state index < -0.39 is 0 Å². The van der Waals surface area contributed by atoms with E-state index >= 15 is 0 Å². The number of aromatic nitrogens is 1. The molecule has 2 amide bonds. The predicted molar refractivity (Wildman–Crippen MR) is 220 cm³/mol. The van der Waals surface area contributed by atoms with Crippen molar-refractivity contribution in [1.29, 1.82) is 0 Å². The van der Waals surface area contributed by atoms with E-state index in [1.807, 2.05) is 30.3 Å². The maximum absolute atomic E-state index is 13.1. The Balaban J connectivity index is 1.31. The van der Waals surface area contributed by atoms with Crippen LogP contribution >= 0.6 is 0 Å². The second kappa shape index (κ2) is 26.6. The van der Waals surface area contributed by atoms with Gasteiger partial charge in [0, 0.05) is 35.0 Å². The molecule has 0 fully saturated rings. The summed E-state index contributed by atoms with van der Waals surface area (Å²) in [5.41, 5.74) is 1.81. The highest BCUT2D eigenvalue weighted by atomic mass is 16.2. The predicted octanol–water partition coefficient (Wildman–Crippen LogP) is 13.5. The summed E-state index contributed by atoms with van der Waals surface area (Å²) in [4.78, 5) is 41.3. The summed E-state index contributed by atoms with van der Waals surface area (Å²) in [6.45, 7) is 4.53. The maximum atomic E-state index is 13.1. The third-order valence-electron chi connectivity index (χ3n) is 10.4. The molecule has 1 aromatic heterocycles. The number of pyridine rings is 1. The van der Waals surface area contributed by atoms with E-state index in [0.29, 0.717) is 35.1 Å². The molecular formula is C45H71N3O3. The number of aromatic amines is 1.